The highest BCUT2D eigenvalue weighted by Gasteiger charge is 2.16. The van der Waals surface area contributed by atoms with Crippen molar-refractivity contribution in [2.75, 3.05) is 19.6 Å². The molecule has 246 valence electrons. The number of hydrogen-bond donors (Lipinski definition) is 0. The van der Waals surface area contributed by atoms with E-state index in [1.807, 2.05) is 0 Å². The summed E-state index contributed by atoms with van der Waals surface area (Å²) in [6, 6.07) is 0. The summed E-state index contributed by atoms with van der Waals surface area (Å²) in [6.07, 6.45) is 42.2. The van der Waals surface area contributed by atoms with Gasteiger partial charge in [-0.25, -0.2) is 0 Å². The molecule has 1 saturated heterocycles. The van der Waals surface area contributed by atoms with Crippen LogP contribution >= 0.6 is 0 Å². The molecule has 0 aromatic carbocycles. The van der Waals surface area contributed by atoms with Gasteiger partial charge in [-0.05, 0) is 108 Å². The van der Waals surface area contributed by atoms with Gasteiger partial charge < -0.3 is 4.90 Å². The lowest BCUT2D eigenvalue weighted by Gasteiger charge is -2.30. The van der Waals surface area contributed by atoms with Crippen LogP contribution in [0.4, 0.5) is 0 Å². The van der Waals surface area contributed by atoms with Gasteiger partial charge >= 0.3 is 0 Å². The number of unbranched alkanes of at least 4 members (excludes halogenated alkanes) is 15. The molecule has 1 heteroatoms. The van der Waals surface area contributed by atoms with E-state index in [1.54, 1.807) is 0 Å². The first kappa shape index (κ1) is 39.2. The van der Waals surface area contributed by atoms with E-state index < -0.39 is 0 Å². The van der Waals surface area contributed by atoms with E-state index in [4.69, 9.17) is 0 Å². The summed E-state index contributed by atoms with van der Waals surface area (Å²) in [4.78, 5) is 2.79. The van der Waals surface area contributed by atoms with Crippen molar-refractivity contribution in [3.8, 4) is 0 Å². The van der Waals surface area contributed by atoms with Crippen molar-refractivity contribution < 1.29 is 0 Å². The van der Waals surface area contributed by atoms with E-state index in [2.05, 4.69) is 51.0 Å². The van der Waals surface area contributed by atoms with Crippen LogP contribution in [-0.2, 0) is 0 Å². The Morgan fingerprint density at radius 1 is 0.619 bits per heavy atom. The molecule has 1 heterocycles. The van der Waals surface area contributed by atoms with Crippen LogP contribution < -0.4 is 0 Å². The average molecular weight is 584 g/mol. The topological polar surface area (TPSA) is 3.24 Å². The lowest BCUT2D eigenvalue weighted by Crippen LogP contribution is -2.34. The third-order valence-electron chi connectivity index (χ3n) is 10.1. The van der Waals surface area contributed by atoms with Crippen molar-refractivity contribution in [3.05, 3.63) is 36.5 Å². The molecule has 0 N–H and O–H groups in total. The Labute approximate surface area is 266 Å². The summed E-state index contributed by atoms with van der Waals surface area (Å²) in [6.45, 7) is 19.6. The van der Waals surface area contributed by atoms with Crippen molar-refractivity contribution in [1.82, 2.24) is 4.90 Å². The molecule has 2 atom stereocenters. The summed E-state index contributed by atoms with van der Waals surface area (Å²) >= 11 is 0. The first-order valence-corrected chi connectivity index (χ1v) is 19.3. The summed E-state index contributed by atoms with van der Waals surface area (Å²) in [7, 11) is 0. The van der Waals surface area contributed by atoms with Gasteiger partial charge in [-0.1, -0.05) is 147 Å². The zero-order valence-electron chi connectivity index (χ0n) is 29.4. The molecule has 1 aliphatic rings. The fraction of sp³-hybridized carbons (Fsp3) is 0.854. The summed E-state index contributed by atoms with van der Waals surface area (Å²) in [5.74, 6) is 1.56. The SMILES string of the molecule is C=C(CCCCC(CCCCCCCCCC/C=C\CCCCCCCC)CN1CCCCC1)CCC(C)C(=C)CC. The van der Waals surface area contributed by atoms with Crippen LogP contribution in [0.15, 0.2) is 36.5 Å². The highest BCUT2D eigenvalue weighted by molar-refractivity contribution is 5.01. The maximum atomic E-state index is 4.41. The molecular formula is C41H77N. The molecule has 0 radical (unpaired) electrons. The van der Waals surface area contributed by atoms with Crippen LogP contribution in [0.3, 0.4) is 0 Å². The zero-order chi connectivity index (χ0) is 30.5. The Morgan fingerprint density at radius 3 is 1.71 bits per heavy atom. The maximum Gasteiger partial charge on any atom is 0.000965 e. The molecule has 0 aromatic heterocycles. The van der Waals surface area contributed by atoms with Gasteiger partial charge in [-0.2, -0.15) is 0 Å². The number of piperidine rings is 1. The smallest absolute Gasteiger partial charge is 0.000965 e. The van der Waals surface area contributed by atoms with Crippen molar-refractivity contribution in [3.63, 3.8) is 0 Å². The summed E-state index contributed by atoms with van der Waals surface area (Å²) in [5.41, 5.74) is 2.87. The Hall–Kier alpha value is -0.820. The molecule has 1 aliphatic heterocycles. The fourth-order valence-electron chi connectivity index (χ4n) is 6.77. The third-order valence-corrected chi connectivity index (χ3v) is 10.1. The number of nitrogens with zero attached hydrogens (tertiary/aromatic N) is 1. The standard InChI is InChI=1S/C41H77N/c1-6-8-9-10-11-12-13-14-15-16-17-18-19-20-21-22-23-25-31-41(37-42-35-28-24-29-36-42)32-27-26-30-38(3)33-34-40(5)39(4)7-2/h14-15,40-41H,3-4,6-13,16-37H2,1-2,5H3/b15-14-. The minimum absolute atomic E-state index is 0.646. The first-order valence-electron chi connectivity index (χ1n) is 19.3. The number of rotatable bonds is 30. The molecule has 1 nitrogen and oxygen atoms in total. The van der Waals surface area contributed by atoms with Gasteiger partial charge in [-0.15, -0.1) is 0 Å². The third kappa shape index (κ3) is 23.6. The minimum atomic E-state index is 0.646. The fourth-order valence-corrected chi connectivity index (χ4v) is 6.77. The minimum Gasteiger partial charge on any atom is -0.303 e. The van der Waals surface area contributed by atoms with E-state index in [1.165, 1.54) is 198 Å². The highest BCUT2D eigenvalue weighted by atomic mass is 15.1. The van der Waals surface area contributed by atoms with Gasteiger partial charge in [0.2, 0.25) is 0 Å². The predicted octanol–water partition coefficient (Wildman–Crippen LogP) is 13.8. The Balaban J connectivity index is 2.08. The zero-order valence-corrected chi connectivity index (χ0v) is 29.4. The van der Waals surface area contributed by atoms with Crippen LogP contribution in [0, 0.1) is 11.8 Å². The molecule has 0 amide bonds. The first-order chi connectivity index (χ1) is 20.6. The second-order valence-electron chi connectivity index (χ2n) is 14.1. The normalized spacial score (nSPS) is 15.8. The van der Waals surface area contributed by atoms with E-state index in [-0.39, 0.29) is 0 Å². The molecule has 2 unspecified atom stereocenters. The van der Waals surface area contributed by atoms with E-state index in [9.17, 15) is 0 Å². The molecule has 0 aliphatic carbocycles. The summed E-state index contributed by atoms with van der Waals surface area (Å²) < 4.78 is 0. The van der Waals surface area contributed by atoms with Gasteiger partial charge in [0.25, 0.3) is 0 Å². The number of hydrogen-bond acceptors (Lipinski definition) is 1. The summed E-state index contributed by atoms with van der Waals surface area (Å²) in [5, 5.41) is 0. The van der Waals surface area contributed by atoms with E-state index >= 15 is 0 Å². The molecule has 0 spiro atoms. The second kappa shape index (κ2) is 28.9. The largest absolute Gasteiger partial charge is 0.303 e. The predicted molar refractivity (Wildman–Crippen MR) is 193 cm³/mol. The Morgan fingerprint density at radius 2 is 1.14 bits per heavy atom. The lowest BCUT2D eigenvalue weighted by molar-refractivity contribution is 0.182. The monoisotopic (exact) mass is 584 g/mol. The Bertz CT molecular complexity index is 639. The average Bonchev–Trinajstić information content (AvgIpc) is 3.01. The molecule has 0 aromatic rings. The van der Waals surface area contributed by atoms with Crippen molar-refractivity contribution in [2.45, 2.75) is 194 Å². The van der Waals surface area contributed by atoms with Crippen LogP contribution in [-0.4, -0.2) is 24.5 Å². The van der Waals surface area contributed by atoms with Gasteiger partial charge in [-0.3, -0.25) is 0 Å². The molecule has 1 rings (SSSR count). The van der Waals surface area contributed by atoms with Gasteiger partial charge in [0.15, 0.2) is 0 Å². The molecule has 0 saturated carbocycles. The van der Waals surface area contributed by atoms with Crippen molar-refractivity contribution >= 4 is 0 Å². The van der Waals surface area contributed by atoms with Gasteiger partial charge in [0.1, 0.15) is 0 Å². The quantitative estimate of drug-likeness (QED) is 0.0600. The molecular weight excluding hydrogens is 506 g/mol. The Kier molecular flexibility index (Phi) is 27.0. The lowest BCUT2D eigenvalue weighted by atomic mass is 9.91. The molecule has 42 heavy (non-hydrogen) atoms. The highest BCUT2D eigenvalue weighted by Crippen LogP contribution is 2.25. The number of allylic oxidation sites excluding steroid dienone is 4. The van der Waals surface area contributed by atoms with Crippen molar-refractivity contribution in [2.24, 2.45) is 11.8 Å². The molecule has 1 fully saturated rings. The second-order valence-corrected chi connectivity index (χ2v) is 14.1. The van der Waals surface area contributed by atoms with Crippen LogP contribution in [0.1, 0.15) is 194 Å². The van der Waals surface area contributed by atoms with Crippen LogP contribution in [0.5, 0.6) is 0 Å². The van der Waals surface area contributed by atoms with Crippen molar-refractivity contribution in [1.29, 1.82) is 0 Å². The van der Waals surface area contributed by atoms with Gasteiger partial charge in [0, 0.05) is 6.54 Å². The van der Waals surface area contributed by atoms with E-state index in [0.717, 1.165) is 12.3 Å². The van der Waals surface area contributed by atoms with Crippen LogP contribution in [0.2, 0.25) is 0 Å². The van der Waals surface area contributed by atoms with Crippen LogP contribution in [0.25, 0.3) is 0 Å². The molecule has 0 bridgehead atoms. The van der Waals surface area contributed by atoms with E-state index in [0.29, 0.717) is 5.92 Å². The van der Waals surface area contributed by atoms with Gasteiger partial charge in [0.05, 0.1) is 0 Å². The number of likely N-dealkylation sites (tertiary alicyclic amines) is 1. The maximum absolute atomic E-state index is 4.41.